The van der Waals surface area contributed by atoms with Crippen LogP contribution in [0.5, 0.6) is 0 Å². The Labute approximate surface area is 105 Å². The van der Waals surface area contributed by atoms with E-state index < -0.39 is 0 Å². The van der Waals surface area contributed by atoms with Crippen LogP contribution < -0.4 is 0 Å². The normalized spacial score (nSPS) is 19.2. The highest BCUT2D eigenvalue weighted by atomic mass is 14.2. The molecule has 0 nitrogen and oxygen atoms in total. The van der Waals surface area contributed by atoms with Crippen molar-refractivity contribution in [1.82, 2.24) is 0 Å². The fourth-order valence-corrected chi connectivity index (χ4v) is 2.48. The summed E-state index contributed by atoms with van der Waals surface area (Å²) in [6.45, 7) is 6.70. The Morgan fingerprint density at radius 2 is 1.71 bits per heavy atom. The molecule has 90 valence electrons. The molecule has 0 amide bonds. The molecule has 0 aliphatic heterocycles. The predicted octanol–water partition coefficient (Wildman–Crippen LogP) is 4.80. The second-order valence-electron chi connectivity index (χ2n) is 5.00. The van der Waals surface area contributed by atoms with Crippen molar-refractivity contribution in [3.8, 4) is 0 Å². The van der Waals surface area contributed by atoms with Crippen molar-refractivity contribution < 1.29 is 0 Å². The lowest BCUT2D eigenvalue weighted by Crippen LogP contribution is -2.01. The van der Waals surface area contributed by atoms with Gasteiger partial charge in [-0.3, -0.25) is 0 Å². The molecule has 2 rings (SSSR count). The predicted molar refractivity (Wildman–Crippen MR) is 75.5 cm³/mol. The molecule has 0 bridgehead atoms. The summed E-state index contributed by atoms with van der Waals surface area (Å²) < 4.78 is 0. The summed E-state index contributed by atoms with van der Waals surface area (Å²) in [4.78, 5) is 0. The summed E-state index contributed by atoms with van der Waals surface area (Å²) in [5, 5.41) is 0. The molecular formula is C17H22. The van der Waals surface area contributed by atoms with Gasteiger partial charge in [-0.15, -0.1) is 0 Å². The molecule has 1 aliphatic rings. The van der Waals surface area contributed by atoms with Gasteiger partial charge in [0, 0.05) is 5.92 Å². The Hall–Kier alpha value is -1.30. The largest absolute Gasteiger partial charge is 0.0767 e. The van der Waals surface area contributed by atoms with E-state index in [9.17, 15) is 0 Å². The summed E-state index contributed by atoms with van der Waals surface area (Å²) >= 11 is 0. The average Bonchev–Trinajstić information content (AvgIpc) is 2.38. The SMILES string of the molecule is CCc1cc(CC)cc([C@H]2C=CC=C(C)C2)c1. The van der Waals surface area contributed by atoms with Gasteiger partial charge in [-0.05, 0) is 42.9 Å². The molecule has 17 heavy (non-hydrogen) atoms. The first kappa shape index (κ1) is 12.2. The molecule has 0 N–H and O–H groups in total. The molecule has 0 heterocycles. The van der Waals surface area contributed by atoms with E-state index in [-0.39, 0.29) is 0 Å². The van der Waals surface area contributed by atoms with E-state index in [1.165, 1.54) is 28.7 Å². The summed E-state index contributed by atoms with van der Waals surface area (Å²) in [5.41, 5.74) is 5.92. The van der Waals surface area contributed by atoms with Gasteiger partial charge in [0.1, 0.15) is 0 Å². The number of hydrogen-bond acceptors (Lipinski definition) is 0. The fraction of sp³-hybridized carbons (Fsp3) is 0.412. The Kier molecular flexibility index (Phi) is 3.83. The van der Waals surface area contributed by atoms with Crippen LogP contribution in [0.3, 0.4) is 0 Å². The van der Waals surface area contributed by atoms with Gasteiger partial charge >= 0.3 is 0 Å². The molecule has 1 aliphatic carbocycles. The minimum atomic E-state index is 0.580. The highest BCUT2D eigenvalue weighted by Crippen LogP contribution is 2.29. The lowest BCUT2D eigenvalue weighted by atomic mass is 9.86. The molecule has 0 heteroatoms. The highest BCUT2D eigenvalue weighted by molar-refractivity contribution is 5.37. The maximum Gasteiger partial charge on any atom is 0.00584 e. The smallest absolute Gasteiger partial charge is 0.00584 e. The van der Waals surface area contributed by atoms with Crippen molar-refractivity contribution in [2.45, 2.75) is 46.0 Å². The number of allylic oxidation sites excluding steroid dienone is 4. The molecular weight excluding hydrogens is 204 g/mol. The standard InChI is InChI=1S/C17H22/c1-4-14-10-15(5-2)12-17(11-14)16-8-6-7-13(3)9-16/h6-8,10-12,16H,4-5,9H2,1-3H3/t16-/m0/s1. The molecule has 0 aromatic heterocycles. The molecule has 0 saturated carbocycles. The van der Waals surface area contributed by atoms with Crippen LogP contribution in [0.25, 0.3) is 0 Å². The fourth-order valence-electron chi connectivity index (χ4n) is 2.48. The van der Waals surface area contributed by atoms with Crippen LogP contribution in [-0.2, 0) is 12.8 Å². The van der Waals surface area contributed by atoms with Gasteiger partial charge in [-0.25, -0.2) is 0 Å². The van der Waals surface area contributed by atoms with Crippen LogP contribution in [0.4, 0.5) is 0 Å². The van der Waals surface area contributed by atoms with E-state index in [2.05, 4.69) is 57.2 Å². The second kappa shape index (κ2) is 5.35. The Balaban J connectivity index is 2.32. The van der Waals surface area contributed by atoms with Gasteiger partial charge in [0.05, 0.1) is 0 Å². The molecule has 0 saturated heterocycles. The number of hydrogen-bond donors (Lipinski definition) is 0. The molecule has 0 radical (unpaired) electrons. The Morgan fingerprint density at radius 3 is 2.24 bits per heavy atom. The summed E-state index contributed by atoms with van der Waals surface area (Å²) in [6, 6.07) is 7.11. The third kappa shape index (κ3) is 2.88. The molecule has 0 fully saturated rings. The third-order valence-electron chi connectivity index (χ3n) is 3.59. The first-order valence-electron chi connectivity index (χ1n) is 6.69. The maximum atomic E-state index is 2.38. The van der Waals surface area contributed by atoms with Crippen LogP contribution in [0.1, 0.15) is 49.8 Å². The van der Waals surface area contributed by atoms with E-state index in [1.54, 1.807) is 0 Å². The van der Waals surface area contributed by atoms with Gasteiger partial charge < -0.3 is 0 Å². The molecule has 1 aromatic rings. The van der Waals surface area contributed by atoms with Gasteiger partial charge in [0.2, 0.25) is 0 Å². The first-order valence-corrected chi connectivity index (χ1v) is 6.69. The van der Waals surface area contributed by atoms with E-state index in [0.29, 0.717) is 5.92 Å². The van der Waals surface area contributed by atoms with Gasteiger partial charge in [-0.1, -0.05) is 55.8 Å². The zero-order chi connectivity index (χ0) is 12.3. The summed E-state index contributed by atoms with van der Waals surface area (Å²) in [7, 11) is 0. The van der Waals surface area contributed by atoms with E-state index in [0.717, 1.165) is 12.8 Å². The molecule has 0 unspecified atom stereocenters. The van der Waals surface area contributed by atoms with Gasteiger partial charge in [-0.2, -0.15) is 0 Å². The monoisotopic (exact) mass is 226 g/mol. The quantitative estimate of drug-likeness (QED) is 0.694. The minimum absolute atomic E-state index is 0.580. The van der Waals surface area contributed by atoms with Crippen molar-refractivity contribution in [2.75, 3.05) is 0 Å². The minimum Gasteiger partial charge on any atom is -0.0767 e. The average molecular weight is 226 g/mol. The summed E-state index contributed by atoms with van der Waals surface area (Å²) in [5.74, 6) is 0.580. The zero-order valence-electron chi connectivity index (χ0n) is 11.2. The lowest BCUT2D eigenvalue weighted by Gasteiger charge is -2.18. The Bertz CT molecular complexity index is 427. The van der Waals surface area contributed by atoms with E-state index in [1.807, 2.05) is 0 Å². The zero-order valence-corrected chi connectivity index (χ0v) is 11.2. The molecule has 1 aromatic carbocycles. The van der Waals surface area contributed by atoms with Crippen LogP contribution in [0, 0.1) is 0 Å². The van der Waals surface area contributed by atoms with E-state index in [4.69, 9.17) is 0 Å². The third-order valence-corrected chi connectivity index (χ3v) is 3.59. The van der Waals surface area contributed by atoms with Crippen molar-refractivity contribution in [3.05, 3.63) is 58.7 Å². The number of aryl methyl sites for hydroxylation is 2. The summed E-state index contributed by atoms with van der Waals surface area (Å²) in [6.07, 6.45) is 10.2. The van der Waals surface area contributed by atoms with Gasteiger partial charge in [0.15, 0.2) is 0 Å². The topological polar surface area (TPSA) is 0 Å². The van der Waals surface area contributed by atoms with Crippen molar-refractivity contribution in [1.29, 1.82) is 0 Å². The Morgan fingerprint density at radius 1 is 1.06 bits per heavy atom. The lowest BCUT2D eigenvalue weighted by molar-refractivity contribution is 0.808. The number of rotatable bonds is 3. The van der Waals surface area contributed by atoms with Crippen LogP contribution in [-0.4, -0.2) is 0 Å². The van der Waals surface area contributed by atoms with Crippen molar-refractivity contribution in [3.63, 3.8) is 0 Å². The van der Waals surface area contributed by atoms with Gasteiger partial charge in [0.25, 0.3) is 0 Å². The van der Waals surface area contributed by atoms with Crippen molar-refractivity contribution >= 4 is 0 Å². The van der Waals surface area contributed by atoms with Crippen LogP contribution >= 0.6 is 0 Å². The van der Waals surface area contributed by atoms with E-state index >= 15 is 0 Å². The van der Waals surface area contributed by atoms with Crippen LogP contribution in [0.15, 0.2) is 42.0 Å². The second-order valence-corrected chi connectivity index (χ2v) is 5.00. The number of benzene rings is 1. The van der Waals surface area contributed by atoms with Crippen LogP contribution in [0.2, 0.25) is 0 Å². The maximum absolute atomic E-state index is 2.38. The van der Waals surface area contributed by atoms with Crippen molar-refractivity contribution in [2.24, 2.45) is 0 Å². The molecule has 0 spiro atoms. The highest BCUT2D eigenvalue weighted by Gasteiger charge is 2.12. The first-order chi connectivity index (χ1) is 8.22. The molecule has 1 atom stereocenters.